The van der Waals surface area contributed by atoms with Crippen molar-refractivity contribution in [1.29, 1.82) is 0 Å². The van der Waals surface area contributed by atoms with E-state index in [9.17, 15) is 4.79 Å². The summed E-state index contributed by atoms with van der Waals surface area (Å²) in [5.41, 5.74) is 0. The first-order valence-corrected chi connectivity index (χ1v) is 14.1. The van der Waals surface area contributed by atoms with Crippen molar-refractivity contribution in [3.63, 3.8) is 0 Å². The minimum absolute atomic E-state index is 0.0594. The van der Waals surface area contributed by atoms with Gasteiger partial charge in [0.25, 0.3) is 0 Å². The molecule has 8 nitrogen and oxygen atoms in total. The fourth-order valence-corrected chi connectivity index (χ4v) is 7.37. The third kappa shape index (κ3) is 7.73. The van der Waals surface area contributed by atoms with Crippen molar-refractivity contribution in [2.75, 3.05) is 41.2 Å². The van der Waals surface area contributed by atoms with Crippen LogP contribution in [0.5, 0.6) is 0 Å². The molecule has 37 heavy (non-hydrogen) atoms. The van der Waals surface area contributed by atoms with Gasteiger partial charge in [-0.2, -0.15) is 0 Å². The first-order valence-electron chi connectivity index (χ1n) is 12.6. The molecule has 2 N–H and O–H groups in total. The van der Waals surface area contributed by atoms with Crippen LogP contribution in [0.15, 0.2) is 60.7 Å². The second-order valence-corrected chi connectivity index (χ2v) is 11.7. The Bertz CT molecular complexity index is 895. The predicted molar refractivity (Wildman–Crippen MR) is 147 cm³/mol. The predicted octanol–water partition coefficient (Wildman–Crippen LogP) is 2.86. The molecule has 204 valence electrons. The second-order valence-electron chi connectivity index (χ2n) is 9.40. The summed E-state index contributed by atoms with van der Waals surface area (Å²) in [5.74, 6) is 0.222. The quantitative estimate of drug-likeness (QED) is 0.409. The van der Waals surface area contributed by atoms with Crippen LogP contribution in [0.3, 0.4) is 0 Å². The molecule has 0 aromatic heterocycles. The number of carbonyl (C=O) groups is 1. The molecular formula is C28H41N2O6P. The minimum atomic E-state index is -0.737. The Balaban J connectivity index is 1.76. The fourth-order valence-electron chi connectivity index (χ4n) is 4.68. The van der Waals surface area contributed by atoms with E-state index in [-0.39, 0.29) is 18.0 Å². The molecule has 9 heteroatoms. The minimum Gasteiger partial charge on any atom is -0.382 e. The van der Waals surface area contributed by atoms with Crippen LogP contribution < -0.4 is 21.2 Å². The molecule has 3 rings (SSSR count). The molecule has 0 spiro atoms. The Hall–Kier alpha value is -2.06. The fraction of sp³-hybridized carbons (Fsp3) is 0.536. The highest BCUT2D eigenvalue weighted by molar-refractivity contribution is 7.73. The number of amides is 2. The molecule has 0 aliphatic carbocycles. The van der Waals surface area contributed by atoms with Gasteiger partial charge in [0, 0.05) is 34.5 Å². The lowest BCUT2D eigenvalue weighted by Crippen LogP contribution is -2.66. The van der Waals surface area contributed by atoms with Gasteiger partial charge in [-0.3, -0.25) is 0 Å². The van der Waals surface area contributed by atoms with Crippen LogP contribution in [0.25, 0.3) is 0 Å². The third-order valence-electron chi connectivity index (χ3n) is 6.69. The maximum atomic E-state index is 13.3. The van der Waals surface area contributed by atoms with Crippen molar-refractivity contribution in [3.05, 3.63) is 60.7 Å². The molecule has 0 radical (unpaired) electrons. The van der Waals surface area contributed by atoms with Gasteiger partial charge in [0.05, 0.1) is 6.61 Å². The van der Waals surface area contributed by atoms with Crippen LogP contribution in [0.4, 0.5) is 4.79 Å². The van der Waals surface area contributed by atoms with Gasteiger partial charge in [0.15, 0.2) is 6.23 Å². The third-order valence-corrected chi connectivity index (χ3v) is 9.29. The molecule has 0 unspecified atom stereocenters. The highest BCUT2D eigenvalue weighted by Crippen LogP contribution is 2.35. The van der Waals surface area contributed by atoms with Crippen molar-refractivity contribution >= 4 is 24.6 Å². The van der Waals surface area contributed by atoms with Crippen molar-refractivity contribution in [2.45, 2.75) is 50.5 Å². The number of rotatable bonds is 12. The maximum absolute atomic E-state index is 13.3. The molecule has 0 bridgehead atoms. The highest BCUT2D eigenvalue weighted by atomic mass is 31.1. The summed E-state index contributed by atoms with van der Waals surface area (Å²) in [6.45, 7) is 4.55. The molecule has 0 saturated carbocycles. The average Bonchev–Trinajstić information content (AvgIpc) is 2.91. The van der Waals surface area contributed by atoms with Crippen LogP contribution in [-0.4, -0.2) is 83.9 Å². The topological polar surface area (TPSA) is 87.3 Å². The van der Waals surface area contributed by atoms with Gasteiger partial charge in [-0.15, -0.1) is 0 Å². The van der Waals surface area contributed by atoms with E-state index in [0.29, 0.717) is 6.61 Å². The van der Waals surface area contributed by atoms with Crippen molar-refractivity contribution in [2.24, 2.45) is 5.92 Å². The van der Waals surface area contributed by atoms with E-state index >= 15 is 0 Å². The molecule has 2 aromatic carbocycles. The van der Waals surface area contributed by atoms with Crippen LogP contribution in [0, 0.1) is 5.92 Å². The zero-order chi connectivity index (χ0) is 26.8. The molecule has 2 aromatic rings. The van der Waals surface area contributed by atoms with Gasteiger partial charge in [0.2, 0.25) is 0 Å². The van der Waals surface area contributed by atoms with Gasteiger partial charge >= 0.3 is 6.03 Å². The number of hydrogen-bond acceptors (Lipinski definition) is 6. The number of nitrogens with one attached hydrogen (secondary N) is 2. The molecule has 1 aliphatic rings. The maximum Gasteiger partial charge on any atom is 0.317 e. The van der Waals surface area contributed by atoms with E-state index in [1.807, 2.05) is 12.1 Å². The lowest BCUT2D eigenvalue weighted by Gasteiger charge is -2.45. The van der Waals surface area contributed by atoms with Gasteiger partial charge in [0.1, 0.15) is 24.4 Å². The van der Waals surface area contributed by atoms with Crippen LogP contribution in [-0.2, 0) is 23.7 Å². The normalized spacial score (nSPS) is 24.7. The van der Waals surface area contributed by atoms with Crippen molar-refractivity contribution in [3.8, 4) is 0 Å². The molecule has 1 saturated heterocycles. The Morgan fingerprint density at radius 2 is 1.41 bits per heavy atom. The SMILES string of the molecule is COC[C@H]1O[C@@H](NC(=O)N[C@H](CP(c2ccccc2)c2ccccc2)C(C)C)[C@H](OC)[C@@H](OC)[C@@H]1OC. The number of urea groups is 1. The van der Waals surface area contributed by atoms with Crippen molar-refractivity contribution < 1.29 is 28.5 Å². The summed E-state index contributed by atoms with van der Waals surface area (Å²) >= 11 is 0. The van der Waals surface area contributed by atoms with Gasteiger partial charge in [-0.05, 0) is 30.6 Å². The highest BCUT2D eigenvalue weighted by Gasteiger charge is 2.47. The van der Waals surface area contributed by atoms with E-state index in [1.54, 1.807) is 28.4 Å². The molecular weight excluding hydrogens is 491 g/mol. The van der Waals surface area contributed by atoms with E-state index in [0.717, 1.165) is 6.16 Å². The number of ether oxygens (including phenoxy) is 5. The number of carbonyl (C=O) groups excluding carboxylic acids is 1. The number of benzene rings is 2. The summed E-state index contributed by atoms with van der Waals surface area (Å²) in [5, 5.41) is 8.75. The summed E-state index contributed by atoms with van der Waals surface area (Å²) < 4.78 is 28.5. The summed E-state index contributed by atoms with van der Waals surface area (Å²) in [4.78, 5) is 13.3. The summed E-state index contributed by atoms with van der Waals surface area (Å²) in [7, 11) is 5.69. The lowest BCUT2D eigenvalue weighted by molar-refractivity contribution is -0.253. The molecule has 6 atom stereocenters. The molecule has 1 aliphatic heterocycles. The molecule has 1 fully saturated rings. The lowest BCUT2D eigenvalue weighted by atomic mass is 9.97. The first-order chi connectivity index (χ1) is 17.9. The van der Waals surface area contributed by atoms with E-state index in [1.165, 1.54) is 10.6 Å². The zero-order valence-corrected chi connectivity index (χ0v) is 23.5. The second kappa shape index (κ2) is 14.8. The van der Waals surface area contributed by atoms with E-state index in [4.69, 9.17) is 23.7 Å². The Kier molecular flexibility index (Phi) is 11.8. The standard InChI is InChI=1S/C28H41N2O6P/c1-19(2)22(18-37(20-13-9-7-10-14-20)21-15-11-8-12-16-21)29-28(31)30-27-26(35-6)25(34-5)24(33-4)23(36-27)17-32-3/h7-16,19,22-27H,17-18H2,1-6H3,(H2,29,30,31)/t22-,23-,24-,25+,26-,27-/m1/s1. The van der Waals surface area contributed by atoms with Gasteiger partial charge in [-0.25, -0.2) is 4.79 Å². The van der Waals surface area contributed by atoms with Crippen LogP contribution in [0.1, 0.15) is 13.8 Å². The van der Waals surface area contributed by atoms with Gasteiger partial charge < -0.3 is 34.3 Å². The smallest absolute Gasteiger partial charge is 0.317 e. The van der Waals surface area contributed by atoms with Crippen LogP contribution >= 0.6 is 7.92 Å². The monoisotopic (exact) mass is 532 g/mol. The zero-order valence-electron chi connectivity index (χ0n) is 22.6. The Morgan fingerprint density at radius 3 is 1.86 bits per heavy atom. The van der Waals surface area contributed by atoms with E-state index in [2.05, 4.69) is 73.0 Å². The summed E-state index contributed by atoms with van der Waals surface area (Å²) in [6.07, 6.45) is -1.76. The number of hydrogen-bond donors (Lipinski definition) is 2. The summed E-state index contributed by atoms with van der Waals surface area (Å²) in [6, 6.07) is 20.6. The van der Waals surface area contributed by atoms with Crippen LogP contribution in [0.2, 0.25) is 0 Å². The Labute approximate surface area is 222 Å². The van der Waals surface area contributed by atoms with Gasteiger partial charge in [-0.1, -0.05) is 74.5 Å². The van der Waals surface area contributed by atoms with E-state index < -0.39 is 38.6 Å². The largest absolute Gasteiger partial charge is 0.382 e. The molecule has 1 heterocycles. The van der Waals surface area contributed by atoms with Crippen molar-refractivity contribution in [1.82, 2.24) is 10.6 Å². The number of methoxy groups -OCH3 is 4. The average molecular weight is 533 g/mol. The molecule has 2 amide bonds. The Morgan fingerprint density at radius 1 is 0.865 bits per heavy atom. The first kappa shape index (κ1) is 29.5.